The molecule has 0 bridgehead atoms. The average molecular weight is 500 g/mol. The van der Waals surface area contributed by atoms with Crippen molar-refractivity contribution in [2.45, 2.75) is 57.5 Å². The molecule has 1 aliphatic carbocycles. The predicted molar refractivity (Wildman–Crippen MR) is 130 cm³/mol. The standard InChI is InChI=1S/C25H26ClN3O6/c1-2-35-19-11-9-18(10-12-19)28-23(30)15-22(25(28)32)27(17-6-4-3-5-7-17)24(31)16-8-13-20(26)21(14-16)29(33)34/h8-14,17,22H,2-7,15H2,1H3. The summed E-state index contributed by atoms with van der Waals surface area (Å²) < 4.78 is 5.43. The number of imide groups is 1. The monoisotopic (exact) mass is 499 g/mol. The highest BCUT2D eigenvalue weighted by atomic mass is 35.5. The molecule has 0 spiro atoms. The van der Waals surface area contributed by atoms with Gasteiger partial charge in [0.25, 0.3) is 17.5 Å². The minimum absolute atomic E-state index is 0.0615. The molecule has 3 amide bonds. The lowest BCUT2D eigenvalue weighted by Crippen LogP contribution is -2.51. The predicted octanol–water partition coefficient (Wildman–Crippen LogP) is 4.75. The van der Waals surface area contributed by atoms with E-state index in [1.165, 1.54) is 17.0 Å². The number of nitrogens with zero attached hydrogens (tertiary/aromatic N) is 3. The van der Waals surface area contributed by atoms with E-state index in [0.717, 1.165) is 30.2 Å². The van der Waals surface area contributed by atoms with Gasteiger partial charge in [-0.25, -0.2) is 4.90 Å². The van der Waals surface area contributed by atoms with Crippen LogP contribution in [0, 0.1) is 10.1 Å². The molecule has 35 heavy (non-hydrogen) atoms. The number of halogens is 1. The van der Waals surface area contributed by atoms with Gasteiger partial charge in [0.05, 0.1) is 23.6 Å². The molecule has 0 radical (unpaired) electrons. The molecule has 1 unspecified atom stereocenters. The minimum Gasteiger partial charge on any atom is -0.494 e. The molecule has 2 aromatic rings. The molecule has 184 valence electrons. The van der Waals surface area contributed by atoms with Crippen LogP contribution >= 0.6 is 11.6 Å². The number of hydrogen-bond acceptors (Lipinski definition) is 6. The van der Waals surface area contributed by atoms with Gasteiger partial charge in [0.2, 0.25) is 5.91 Å². The number of hydrogen-bond donors (Lipinski definition) is 0. The second kappa shape index (κ2) is 10.4. The van der Waals surface area contributed by atoms with Gasteiger partial charge in [-0.1, -0.05) is 30.9 Å². The van der Waals surface area contributed by atoms with Gasteiger partial charge in [-0.15, -0.1) is 0 Å². The first-order valence-corrected chi connectivity index (χ1v) is 12.1. The first-order chi connectivity index (χ1) is 16.8. The Labute approximate surface area is 207 Å². The molecule has 1 aliphatic heterocycles. The third kappa shape index (κ3) is 5.00. The van der Waals surface area contributed by atoms with Crippen molar-refractivity contribution in [2.75, 3.05) is 11.5 Å². The van der Waals surface area contributed by atoms with Crippen molar-refractivity contribution < 1.29 is 24.0 Å². The zero-order valence-corrected chi connectivity index (χ0v) is 20.1. The van der Waals surface area contributed by atoms with Crippen molar-refractivity contribution in [3.8, 4) is 5.75 Å². The number of nitro benzene ring substituents is 1. The summed E-state index contributed by atoms with van der Waals surface area (Å²) in [5.74, 6) is -0.784. The van der Waals surface area contributed by atoms with E-state index < -0.39 is 28.7 Å². The Kier molecular flexibility index (Phi) is 7.35. The smallest absolute Gasteiger partial charge is 0.288 e. The lowest BCUT2D eigenvalue weighted by molar-refractivity contribution is -0.384. The van der Waals surface area contributed by atoms with Gasteiger partial charge in [0, 0.05) is 17.7 Å². The van der Waals surface area contributed by atoms with Crippen molar-refractivity contribution in [1.82, 2.24) is 4.90 Å². The lowest BCUT2D eigenvalue weighted by atomic mass is 9.92. The van der Waals surface area contributed by atoms with E-state index >= 15 is 0 Å². The average Bonchev–Trinajstić information content (AvgIpc) is 3.14. The number of rotatable bonds is 7. The van der Waals surface area contributed by atoms with E-state index in [0.29, 0.717) is 30.9 Å². The zero-order valence-electron chi connectivity index (χ0n) is 19.3. The summed E-state index contributed by atoms with van der Waals surface area (Å²) in [6.45, 7) is 2.35. The van der Waals surface area contributed by atoms with Crippen LogP contribution < -0.4 is 9.64 Å². The van der Waals surface area contributed by atoms with Crippen LogP contribution in [0.25, 0.3) is 0 Å². The van der Waals surface area contributed by atoms with Gasteiger partial charge in [-0.2, -0.15) is 0 Å². The summed E-state index contributed by atoms with van der Waals surface area (Å²) in [5, 5.41) is 11.3. The molecule has 10 heteroatoms. The van der Waals surface area contributed by atoms with E-state index in [4.69, 9.17) is 16.3 Å². The molecule has 1 saturated carbocycles. The molecule has 0 N–H and O–H groups in total. The van der Waals surface area contributed by atoms with E-state index in [2.05, 4.69) is 0 Å². The summed E-state index contributed by atoms with van der Waals surface area (Å²) in [6.07, 6.45) is 4.06. The maximum Gasteiger partial charge on any atom is 0.288 e. The Morgan fingerprint density at radius 2 is 1.83 bits per heavy atom. The fourth-order valence-electron chi connectivity index (χ4n) is 4.82. The molecule has 1 atom stereocenters. The molecule has 9 nitrogen and oxygen atoms in total. The number of benzene rings is 2. The Morgan fingerprint density at radius 3 is 2.46 bits per heavy atom. The molecular formula is C25H26ClN3O6. The van der Waals surface area contributed by atoms with Crippen LogP contribution in [0.3, 0.4) is 0 Å². The number of anilines is 1. The third-order valence-electron chi connectivity index (χ3n) is 6.46. The van der Waals surface area contributed by atoms with E-state index in [9.17, 15) is 24.5 Å². The van der Waals surface area contributed by atoms with Crippen molar-refractivity contribution in [2.24, 2.45) is 0 Å². The van der Waals surface area contributed by atoms with Crippen LogP contribution in [0.2, 0.25) is 5.02 Å². The fraction of sp³-hybridized carbons (Fsp3) is 0.400. The summed E-state index contributed by atoms with van der Waals surface area (Å²) in [7, 11) is 0. The molecule has 0 aromatic heterocycles. The first kappa shape index (κ1) is 24.7. The fourth-order valence-corrected chi connectivity index (χ4v) is 5.00. The van der Waals surface area contributed by atoms with Crippen molar-refractivity contribution >= 4 is 40.7 Å². The van der Waals surface area contributed by atoms with Gasteiger partial charge < -0.3 is 9.64 Å². The molecule has 2 aromatic carbocycles. The lowest BCUT2D eigenvalue weighted by Gasteiger charge is -2.37. The molecule has 4 rings (SSSR count). The maximum absolute atomic E-state index is 13.7. The van der Waals surface area contributed by atoms with E-state index in [1.807, 2.05) is 6.92 Å². The number of ether oxygens (including phenoxy) is 1. The molecule has 2 fully saturated rings. The van der Waals surface area contributed by atoms with Crippen LogP contribution in [-0.2, 0) is 9.59 Å². The summed E-state index contributed by atoms with van der Waals surface area (Å²) in [4.78, 5) is 53.5. The zero-order chi connectivity index (χ0) is 25.1. The maximum atomic E-state index is 13.7. The van der Waals surface area contributed by atoms with Crippen LogP contribution in [0.15, 0.2) is 42.5 Å². The van der Waals surface area contributed by atoms with Crippen LogP contribution in [0.4, 0.5) is 11.4 Å². The molecule has 1 heterocycles. The molecule has 1 saturated heterocycles. The van der Waals surface area contributed by atoms with Crippen LogP contribution in [0.1, 0.15) is 55.8 Å². The number of carbonyl (C=O) groups is 3. The summed E-state index contributed by atoms with van der Waals surface area (Å²) in [5.41, 5.74) is 0.0847. The number of nitro groups is 1. The minimum atomic E-state index is -0.987. The highest BCUT2D eigenvalue weighted by molar-refractivity contribution is 6.32. The quantitative estimate of drug-likeness (QED) is 0.309. The van der Waals surface area contributed by atoms with E-state index in [-0.39, 0.29) is 28.7 Å². The Balaban J connectivity index is 1.67. The second-order valence-corrected chi connectivity index (χ2v) is 9.05. The summed E-state index contributed by atoms with van der Waals surface area (Å²) in [6, 6.07) is 9.27. The number of amides is 3. The van der Waals surface area contributed by atoms with Crippen molar-refractivity contribution in [1.29, 1.82) is 0 Å². The van der Waals surface area contributed by atoms with Gasteiger partial charge in [-0.3, -0.25) is 24.5 Å². The van der Waals surface area contributed by atoms with Crippen LogP contribution in [-0.4, -0.2) is 46.2 Å². The molecule has 2 aliphatic rings. The van der Waals surface area contributed by atoms with Gasteiger partial charge in [0.1, 0.15) is 16.8 Å². The first-order valence-electron chi connectivity index (χ1n) is 11.7. The highest BCUT2D eigenvalue weighted by Crippen LogP contribution is 2.34. The SMILES string of the molecule is CCOc1ccc(N2C(=O)CC(N(C(=O)c3ccc(Cl)c([N+](=O)[O-])c3)C3CCCCC3)C2=O)cc1. The second-order valence-electron chi connectivity index (χ2n) is 8.64. The largest absolute Gasteiger partial charge is 0.494 e. The topological polar surface area (TPSA) is 110 Å². The molecular weight excluding hydrogens is 474 g/mol. The van der Waals surface area contributed by atoms with Gasteiger partial charge in [-0.05, 0) is 56.2 Å². The Morgan fingerprint density at radius 1 is 1.14 bits per heavy atom. The highest BCUT2D eigenvalue weighted by Gasteiger charge is 2.47. The van der Waals surface area contributed by atoms with Gasteiger partial charge in [0.15, 0.2) is 0 Å². The number of carbonyl (C=O) groups excluding carboxylic acids is 3. The normalized spacial score (nSPS) is 18.6. The van der Waals surface area contributed by atoms with Crippen molar-refractivity contribution in [3.63, 3.8) is 0 Å². The Hall–Kier alpha value is -3.46. The van der Waals surface area contributed by atoms with Gasteiger partial charge >= 0.3 is 0 Å². The Bertz CT molecular complexity index is 1150. The van der Waals surface area contributed by atoms with E-state index in [1.54, 1.807) is 24.3 Å². The summed E-state index contributed by atoms with van der Waals surface area (Å²) >= 11 is 5.93. The third-order valence-corrected chi connectivity index (χ3v) is 6.78. The van der Waals surface area contributed by atoms with Crippen molar-refractivity contribution in [3.05, 3.63) is 63.2 Å². The van der Waals surface area contributed by atoms with Crippen LogP contribution in [0.5, 0.6) is 5.75 Å².